The highest BCUT2D eigenvalue weighted by Crippen LogP contribution is 2.40. The van der Waals surface area contributed by atoms with Crippen LogP contribution in [0.4, 0.5) is 0 Å². The Hall–Kier alpha value is -2.24. The summed E-state index contributed by atoms with van der Waals surface area (Å²) in [6.07, 6.45) is 7.33. The van der Waals surface area contributed by atoms with Crippen molar-refractivity contribution in [3.8, 4) is 11.3 Å². The molecule has 6 heteroatoms. The van der Waals surface area contributed by atoms with Crippen LogP contribution in [0.5, 0.6) is 0 Å². The zero-order valence-electron chi connectivity index (χ0n) is 17.9. The minimum Gasteiger partial charge on any atom is -0.356 e. The van der Waals surface area contributed by atoms with E-state index < -0.39 is 0 Å². The van der Waals surface area contributed by atoms with E-state index >= 15 is 0 Å². The maximum Gasteiger partial charge on any atom is 0.223 e. The molecule has 4 rings (SSSR count). The zero-order chi connectivity index (χ0) is 20.5. The van der Waals surface area contributed by atoms with Crippen molar-refractivity contribution in [3.63, 3.8) is 0 Å². The average molecular weight is 397 g/mol. The maximum absolute atomic E-state index is 12.1. The zero-order valence-corrected chi connectivity index (χ0v) is 17.9. The van der Waals surface area contributed by atoms with E-state index in [0.717, 1.165) is 67.2 Å². The van der Waals surface area contributed by atoms with Crippen molar-refractivity contribution in [2.24, 2.45) is 17.8 Å². The molecule has 0 spiro atoms. The molecular formula is C23H32N4O2. The van der Waals surface area contributed by atoms with Crippen LogP contribution in [-0.4, -0.2) is 27.6 Å². The third kappa shape index (κ3) is 4.51. The van der Waals surface area contributed by atoms with Crippen molar-refractivity contribution in [2.45, 2.75) is 71.6 Å². The molecule has 2 fully saturated rings. The normalized spacial score (nSPS) is 26.5. The van der Waals surface area contributed by atoms with Crippen LogP contribution in [0.2, 0.25) is 0 Å². The van der Waals surface area contributed by atoms with Gasteiger partial charge >= 0.3 is 0 Å². The summed E-state index contributed by atoms with van der Waals surface area (Å²) in [5.74, 6) is 3.95. The Bertz CT molecular complexity index is 868. The van der Waals surface area contributed by atoms with Gasteiger partial charge in [0.15, 0.2) is 5.76 Å². The number of rotatable bonds is 6. The first-order chi connectivity index (χ1) is 13.9. The van der Waals surface area contributed by atoms with Crippen LogP contribution in [0.1, 0.15) is 81.9 Å². The summed E-state index contributed by atoms with van der Waals surface area (Å²) in [5, 5.41) is 7.22. The molecular weight excluding hydrogens is 364 g/mol. The quantitative estimate of drug-likeness (QED) is 0.771. The van der Waals surface area contributed by atoms with Gasteiger partial charge in [-0.2, -0.15) is 0 Å². The summed E-state index contributed by atoms with van der Waals surface area (Å²) >= 11 is 0. The number of hydrogen-bond donors (Lipinski definition) is 1. The number of nitrogens with one attached hydrogen (secondary N) is 1. The van der Waals surface area contributed by atoms with Gasteiger partial charge in [-0.3, -0.25) is 4.79 Å². The smallest absolute Gasteiger partial charge is 0.223 e. The van der Waals surface area contributed by atoms with Gasteiger partial charge in [0.05, 0.1) is 17.0 Å². The first-order valence-electron chi connectivity index (χ1n) is 11.0. The second-order valence-electron chi connectivity index (χ2n) is 9.30. The number of aryl methyl sites for hydroxylation is 1. The van der Waals surface area contributed by atoms with E-state index in [1.54, 1.807) is 0 Å². The van der Waals surface area contributed by atoms with E-state index in [9.17, 15) is 4.79 Å². The average Bonchev–Trinajstić information content (AvgIpc) is 3.30. The molecule has 2 saturated carbocycles. The number of aromatic nitrogens is 3. The van der Waals surface area contributed by atoms with E-state index in [0.29, 0.717) is 17.8 Å². The largest absolute Gasteiger partial charge is 0.356 e. The Balaban J connectivity index is 1.44. The van der Waals surface area contributed by atoms with E-state index in [4.69, 9.17) is 9.51 Å². The standard InChI is InChI=1S/C23H32N4O2/c1-13(2)22-24-12-19(20-10-15(4)27-29-20)21(26-22)17-7-5-16(6-8-17)11-25-23(28)18-9-14(18)3/h10,12-14,16-18H,5-9,11H2,1-4H3,(H,25,28)/t14-,16?,17?,18-/m1/s1. The molecule has 2 atom stereocenters. The van der Waals surface area contributed by atoms with Crippen molar-refractivity contribution in [2.75, 3.05) is 6.54 Å². The molecule has 6 nitrogen and oxygen atoms in total. The molecule has 0 saturated heterocycles. The molecule has 0 unspecified atom stereocenters. The van der Waals surface area contributed by atoms with Crippen LogP contribution in [0, 0.1) is 24.7 Å². The second kappa shape index (κ2) is 8.25. The number of nitrogens with zero attached hydrogens (tertiary/aromatic N) is 3. The lowest BCUT2D eigenvalue weighted by Crippen LogP contribution is -2.32. The third-order valence-electron chi connectivity index (χ3n) is 6.49. The summed E-state index contributed by atoms with van der Waals surface area (Å²) in [5.41, 5.74) is 2.92. The van der Waals surface area contributed by atoms with Crippen LogP contribution in [-0.2, 0) is 4.79 Å². The van der Waals surface area contributed by atoms with Crippen molar-refractivity contribution < 1.29 is 9.32 Å². The molecule has 0 radical (unpaired) electrons. The molecule has 0 aliphatic heterocycles. The van der Waals surface area contributed by atoms with Crippen molar-refractivity contribution in [3.05, 3.63) is 29.5 Å². The van der Waals surface area contributed by atoms with E-state index in [2.05, 4.69) is 36.2 Å². The minimum absolute atomic E-state index is 0.250. The molecule has 2 aliphatic carbocycles. The third-order valence-corrected chi connectivity index (χ3v) is 6.49. The van der Waals surface area contributed by atoms with Gasteiger partial charge in [-0.15, -0.1) is 0 Å². The van der Waals surface area contributed by atoms with Gasteiger partial charge in [0.2, 0.25) is 5.91 Å². The number of carbonyl (C=O) groups excluding carboxylic acids is 1. The number of amides is 1. The lowest BCUT2D eigenvalue weighted by atomic mass is 9.79. The molecule has 156 valence electrons. The maximum atomic E-state index is 12.1. The number of carbonyl (C=O) groups is 1. The Morgan fingerprint density at radius 3 is 2.59 bits per heavy atom. The van der Waals surface area contributed by atoms with Crippen LogP contribution >= 0.6 is 0 Å². The summed E-state index contributed by atoms with van der Waals surface area (Å²) < 4.78 is 5.53. The molecule has 2 aromatic rings. The lowest BCUT2D eigenvalue weighted by Gasteiger charge is -2.29. The lowest BCUT2D eigenvalue weighted by molar-refractivity contribution is -0.122. The molecule has 1 N–H and O–H groups in total. The summed E-state index contributed by atoms with van der Waals surface area (Å²) in [6.45, 7) is 9.13. The van der Waals surface area contributed by atoms with Gasteiger partial charge in [-0.1, -0.05) is 25.9 Å². The predicted molar refractivity (Wildman–Crippen MR) is 111 cm³/mol. The predicted octanol–water partition coefficient (Wildman–Crippen LogP) is 4.61. The van der Waals surface area contributed by atoms with Crippen LogP contribution in [0.25, 0.3) is 11.3 Å². The van der Waals surface area contributed by atoms with Crippen molar-refractivity contribution >= 4 is 5.91 Å². The Labute approximate surface area is 172 Å². The minimum atomic E-state index is 0.250. The Kier molecular flexibility index (Phi) is 5.70. The summed E-state index contributed by atoms with van der Waals surface area (Å²) in [6, 6.07) is 1.96. The molecule has 2 heterocycles. The highest BCUT2D eigenvalue weighted by Gasteiger charge is 2.39. The van der Waals surface area contributed by atoms with Gasteiger partial charge in [-0.25, -0.2) is 9.97 Å². The second-order valence-corrected chi connectivity index (χ2v) is 9.30. The van der Waals surface area contributed by atoms with E-state index in [-0.39, 0.29) is 17.7 Å². The Morgan fingerprint density at radius 2 is 2.00 bits per heavy atom. The first-order valence-corrected chi connectivity index (χ1v) is 11.0. The highest BCUT2D eigenvalue weighted by molar-refractivity contribution is 5.81. The number of hydrogen-bond acceptors (Lipinski definition) is 5. The fourth-order valence-corrected chi connectivity index (χ4v) is 4.38. The molecule has 29 heavy (non-hydrogen) atoms. The van der Waals surface area contributed by atoms with Crippen LogP contribution < -0.4 is 5.32 Å². The molecule has 1 amide bonds. The highest BCUT2D eigenvalue weighted by atomic mass is 16.5. The van der Waals surface area contributed by atoms with Crippen molar-refractivity contribution in [1.82, 2.24) is 20.4 Å². The van der Waals surface area contributed by atoms with E-state index in [1.807, 2.05) is 19.2 Å². The molecule has 2 aliphatic rings. The molecule has 0 aromatic carbocycles. The van der Waals surface area contributed by atoms with Crippen LogP contribution in [0.15, 0.2) is 16.8 Å². The van der Waals surface area contributed by atoms with E-state index in [1.165, 1.54) is 0 Å². The summed E-state index contributed by atoms with van der Waals surface area (Å²) in [4.78, 5) is 21.6. The first kappa shape index (κ1) is 20.0. The Morgan fingerprint density at radius 1 is 1.28 bits per heavy atom. The van der Waals surface area contributed by atoms with Gasteiger partial charge in [0.1, 0.15) is 5.82 Å². The topological polar surface area (TPSA) is 80.9 Å². The molecule has 2 aromatic heterocycles. The monoisotopic (exact) mass is 396 g/mol. The van der Waals surface area contributed by atoms with Gasteiger partial charge in [0.25, 0.3) is 0 Å². The van der Waals surface area contributed by atoms with Crippen LogP contribution in [0.3, 0.4) is 0 Å². The fourth-order valence-electron chi connectivity index (χ4n) is 4.38. The van der Waals surface area contributed by atoms with Crippen molar-refractivity contribution in [1.29, 1.82) is 0 Å². The fraction of sp³-hybridized carbons (Fsp3) is 0.652. The summed E-state index contributed by atoms with van der Waals surface area (Å²) in [7, 11) is 0. The van der Waals surface area contributed by atoms with Gasteiger partial charge in [-0.05, 0) is 50.9 Å². The molecule has 0 bridgehead atoms. The SMILES string of the molecule is Cc1cc(-c2cnc(C(C)C)nc2C2CCC(CNC(=O)[C@@H]3C[C@H]3C)CC2)on1. The van der Waals surface area contributed by atoms with Gasteiger partial charge < -0.3 is 9.84 Å². The van der Waals surface area contributed by atoms with Gasteiger partial charge in [0, 0.05) is 36.6 Å².